The molecule has 4 rings (SSSR count). The summed E-state index contributed by atoms with van der Waals surface area (Å²) in [4.78, 5) is 31.2. The van der Waals surface area contributed by atoms with Gasteiger partial charge in [0.2, 0.25) is 11.4 Å². The molecule has 0 bridgehead atoms. The fourth-order valence-electron chi connectivity index (χ4n) is 4.61. The van der Waals surface area contributed by atoms with E-state index in [1.807, 2.05) is 30.3 Å². The number of hydrogen-bond acceptors (Lipinski definition) is 7. The number of hydrogen-bond donors (Lipinski definition) is 1. The zero-order valence-corrected chi connectivity index (χ0v) is 20.2. The Morgan fingerprint density at radius 3 is 2.53 bits per heavy atom. The van der Waals surface area contributed by atoms with Crippen LogP contribution in [0.3, 0.4) is 0 Å². The first kappa shape index (κ1) is 23.8. The monoisotopic (exact) mass is 483 g/mol. The number of aliphatic imine (C=N–C) groups is 1. The molecule has 2 atom stereocenters. The van der Waals surface area contributed by atoms with Crippen molar-refractivity contribution < 1.29 is 28.9 Å². The average Bonchev–Trinajstić information content (AvgIpc) is 3.14. The highest BCUT2D eigenvalue weighted by molar-refractivity contribution is 6.35. The first-order valence-electron chi connectivity index (χ1n) is 11.0. The van der Waals surface area contributed by atoms with Gasteiger partial charge in [0.05, 0.1) is 19.8 Å². The quantitative estimate of drug-likeness (QED) is 0.593. The number of allylic oxidation sites excluding steroid dienone is 1. The van der Waals surface area contributed by atoms with E-state index >= 15 is 0 Å². The largest absolute Gasteiger partial charge is 0.507 e. The summed E-state index contributed by atoms with van der Waals surface area (Å²) in [6, 6.07) is 11.3. The van der Waals surface area contributed by atoms with Crippen molar-refractivity contribution in [3.8, 4) is 17.2 Å². The Balaban J connectivity index is 1.77. The molecule has 1 heterocycles. The minimum absolute atomic E-state index is 0.00172. The second-order valence-corrected chi connectivity index (χ2v) is 8.80. The van der Waals surface area contributed by atoms with Crippen LogP contribution in [-0.2, 0) is 11.2 Å². The lowest BCUT2D eigenvalue weighted by Crippen LogP contribution is -2.53. The molecular weight excluding hydrogens is 458 g/mol. The first-order chi connectivity index (χ1) is 16.3. The molecule has 2 aromatic carbocycles. The lowest BCUT2D eigenvalue weighted by Gasteiger charge is -2.37. The van der Waals surface area contributed by atoms with Gasteiger partial charge in [0.15, 0.2) is 17.3 Å². The summed E-state index contributed by atoms with van der Waals surface area (Å²) in [6.45, 7) is 3.77. The molecule has 1 spiro atoms. The van der Waals surface area contributed by atoms with Gasteiger partial charge in [-0.05, 0) is 18.9 Å². The molecule has 34 heavy (non-hydrogen) atoms. The van der Waals surface area contributed by atoms with Gasteiger partial charge in [0.25, 0.3) is 0 Å². The highest BCUT2D eigenvalue weighted by Crippen LogP contribution is 2.54. The van der Waals surface area contributed by atoms with Crippen LogP contribution in [0.1, 0.15) is 36.2 Å². The molecule has 8 heteroatoms. The Hall–Kier alpha value is -3.32. The molecule has 2 aliphatic rings. The molecule has 178 valence electrons. The van der Waals surface area contributed by atoms with E-state index in [0.717, 1.165) is 5.56 Å². The van der Waals surface area contributed by atoms with Gasteiger partial charge in [0.1, 0.15) is 22.1 Å². The predicted molar refractivity (Wildman–Crippen MR) is 129 cm³/mol. The fourth-order valence-corrected chi connectivity index (χ4v) is 4.87. The number of fused-ring (bicyclic) bond motifs is 1. The number of aliphatic hydroxyl groups excluding tert-OH is 1. The van der Waals surface area contributed by atoms with Crippen LogP contribution in [0.25, 0.3) is 0 Å². The number of benzene rings is 2. The van der Waals surface area contributed by atoms with Gasteiger partial charge in [-0.2, -0.15) is 0 Å². The van der Waals surface area contributed by atoms with Gasteiger partial charge >= 0.3 is 0 Å². The van der Waals surface area contributed by atoms with Crippen LogP contribution in [-0.4, -0.2) is 48.8 Å². The number of carbonyl (C=O) groups excluding carboxylic acids is 2. The van der Waals surface area contributed by atoms with Gasteiger partial charge in [-0.1, -0.05) is 48.9 Å². The van der Waals surface area contributed by atoms with Gasteiger partial charge in [-0.15, -0.1) is 0 Å². The van der Waals surface area contributed by atoms with Gasteiger partial charge in [0, 0.05) is 30.7 Å². The summed E-state index contributed by atoms with van der Waals surface area (Å²) in [7, 11) is 2.85. The second-order valence-electron chi connectivity index (χ2n) is 8.42. The maximum absolute atomic E-state index is 13.8. The van der Waals surface area contributed by atoms with Crippen molar-refractivity contribution in [3.05, 3.63) is 63.9 Å². The molecule has 0 aromatic heterocycles. The smallest absolute Gasteiger partial charge is 0.231 e. The third kappa shape index (κ3) is 3.64. The molecule has 1 N–H and O–H groups in total. The molecular formula is C26H26ClNO6. The minimum Gasteiger partial charge on any atom is -0.507 e. The standard InChI is InChI=1S/C26H26ClNO6/c1-14-12-17(29)20(15(2)28-11-10-16-8-6-5-7-9-16)24(30)26(14)25(31)21-18(32-3)13-19(33-4)22(27)23(21)34-26/h5-9,13-14,30H,10-12H2,1-4H3. The zero-order chi connectivity index (χ0) is 24.6. The molecule has 0 amide bonds. The summed E-state index contributed by atoms with van der Waals surface area (Å²) < 4.78 is 16.8. The zero-order valence-electron chi connectivity index (χ0n) is 19.5. The maximum Gasteiger partial charge on any atom is 0.231 e. The van der Waals surface area contributed by atoms with Crippen LogP contribution < -0.4 is 14.2 Å². The van der Waals surface area contributed by atoms with Gasteiger partial charge in [-0.25, -0.2) is 0 Å². The Morgan fingerprint density at radius 1 is 1.21 bits per heavy atom. The number of nitrogens with zero attached hydrogens (tertiary/aromatic N) is 1. The topological polar surface area (TPSA) is 94.4 Å². The van der Waals surface area contributed by atoms with E-state index < -0.39 is 23.1 Å². The van der Waals surface area contributed by atoms with Crippen molar-refractivity contribution in [1.82, 2.24) is 0 Å². The summed E-state index contributed by atoms with van der Waals surface area (Å²) in [5.41, 5.74) is -0.218. The number of ketones is 2. The van der Waals surface area contributed by atoms with Gasteiger partial charge < -0.3 is 19.3 Å². The highest BCUT2D eigenvalue weighted by atomic mass is 35.5. The van der Waals surface area contributed by atoms with Crippen molar-refractivity contribution in [2.24, 2.45) is 10.9 Å². The summed E-state index contributed by atoms with van der Waals surface area (Å²) in [5, 5.41) is 11.5. The van der Waals surface area contributed by atoms with Crippen LogP contribution in [0, 0.1) is 5.92 Å². The number of halogens is 1. The molecule has 1 aliphatic carbocycles. The molecule has 2 aromatic rings. The number of rotatable bonds is 6. The minimum atomic E-state index is -1.80. The fraction of sp³-hybridized carbons (Fsp3) is 0.346. The van der Waals surface area contributed by atoms with Crippen molar-refractivity contribution in [2.75, 3.05) is 20.8 Å². The molecule has 0 saturated heterocycles. The number of aliphatic hydroxyl groups is 1. The number of methoxy groups -OCH3 is 2. The molecule has 0 saturated carbocycles. The average molecular weight is 484 g/mol. The maximum atomic E-state index is 13.8. The summed E-state index contributed by atoms with van der Waals surface area (Å²) >= 11 is 6.45. The molecule has 0 radical (unpaired) electrons. The van der Waals surface area contributed by atoms with Crippen LogP contribution in [0.4, 0.5) is 0 Å². The van der Waals surface area contributed by atoms with E-state index in [2.05, 4.69) is 4.99 Å². The van der Waals surface area contributed by atoms with E-state index in [1.54, 1.807) is 13.8 Å². The Bertz CT molecular complexity index is 1220. The van der Waals surface area contributed by atoms with Crippen molar-refractivity contribution in [2.45, 2.75) is 32.3 Å². The normalized spacial score (nSPS) is 22.1. The Labute approximate surface area is 203 Å². The summed E-state index contributed by atoms with van der Waals surface area (Å²) in [5.74, 6) is -1.36. The van der Waals surface area contributed by atoms with E-state index in [4.69, 9.17) is 25.8 Å². The van der Waals surface area contributed by atoms with Crippen molar-refractivity contribution >= 4 is 28.9 Å². The van der Waals surface area contributed by atoms with Crippen molar-refractivity contribution in [1.29, 1.82) is 0 Å². The van der Waals surface area contributed by atoms with Crippen LogP contribution in [0.2, 0.25) is 5.02 Å². The molecule has 0 fully saturated rings. The van der Waals surface area contributed by atoms with E-state index in [0.29, 0.717) is 18.7 Å². The number of ether oxygens (including phenoxy) is 3. The van der Waals surface area contributed by atoms with Gasteiger partial charge in [-0.3, -0.25) is 14.6 Å². The number of Topliss-reactive ketones (excluding diaryl/α,β-unsaturated/α-hetero) is 2. The molecule has 1 aliphatic heterocycles. The van der Waals surface area contributed by atoms with Crippen molar-refractivity contribution in [3.63, 3.8) is 0 Å². The van der Waals surface area contributed by atoms with Crippen LogP contribution >= 0.6 is 11.6 Å². The highest BCUT2D eigenvalue weighted by Gasteiger charge is 2.61. The Kier molecular flexibility index (Phi) is 6.41. The molecule has 2 unspecified atom stereocenters. The van der Waals surface area contributed by atoms with E-state index in [1.165, 1.54) is 20.3 Å². The predicted octanol–water partition coefficient (Wildman–Crippen LogP) is 4.80. The van der Waals surface area contributed by atoms with E-state index in [-0.39, 0.29) is 45.6 Å². The summed E-state index contributed by atoms with van der Waals surface area (Å²) in [6.07, 6.45) is 0.678. The SMILES string of the molecule is COc1cc(OC)c2c(c1Cl)OC1(C2=O)C(O)=C(C(C)=NCCc2ccccc2)C(=O)CC1C. The lowest BCUT2D eigenvalue weighted by molar-refractivity contribution is -0.118. The lowest BCUT2D eigenvalue weighted by atomic mass is 9.72. The van der Waals surface area contributed by atoms with Crippen LogP contribution in [0.5, 0.6) is 17.2 Å². The van der Waals surface area contributed by atoms with Crippen LogP contribution in [0.15, 0.2) is 52.7 Å². The number of carbonyl (C=O) groups is 2. The molecule has 7 nitrogen and oxygen atoms in total. The first-order valence-corrected chi connectivity index (χ1v) is 11.3. The van der Waals surface area contributed by atoms with E-state index in [9.17, 15) is 14.7 Å². The third-order valence-corrected chi connectivity index (χ3v) is 6.78. The second kappa shape index (κ2) is 9.14. The Morgan fingerprint density at radius 2 is 1.88 bits per heavy atom. The third-order valence-electron chi connectivity index (χ3n) is 6.43.